The van der Waals surface area contributed by atoms with E-state index in [9.17, 15) is 28.8 Å². The largest absolute Gasteiger partial charge is 0.379 e. The van der Waals surface area contributed by atoms with E-state index in [-0.39, 0.29) is 75.1 Å². The number of ether oxygens (including phenoxy) is 1. The lowest BCUT2D eigenvalue weighted by Gasteiger charge is -2.25. The third kappa shape index (κ3) is 10.6. The minimum atomic E-state index is -0.875. The normalized spacial score (nSPS) is 17.0. The van der Waals surface area contributed by atoms with E-state index >= 15 is 0 Å². The zero-order valence-corrected chi connectivity index (χ0v) is 21.6. The maximum atomic E-state index is 12.9. The van der Waals surface area contributed by atoms with Crippen molar-refractivity contribution >= 4 is 35.6 Å². The molecule has 13 nitrogen and oxygen atoms in total. The predicted molar refractivity (Wildman–Crippen MR) is 130 cm³/mol. The van der Waals surface area contributed by atoms with Gasteiger partial charge in [0.25, 0.3) is 0 Å². The monoisotopic (exact) mass is 512 g/mol. The van der Waals surface area contributed by atoms with Crippen LogP contribution in [0, 0.1) is 11.8 Å². The molecule has 0 bridgehead atoms. The minimum Gasteiger partial charge on any atom is -0.379 e. The highest BCUT2D eigenvalue weighted by Gasteiger charge is 2.35. The van der Waals surface area contributed by atoms with Crippen molar-refractivity contribution in [2.75, 3.05) is 32.8 Å². The fourth-order valence-electron chi connectivity index (χ4n) is 3.63. The molecule has 0 saturated carbocycles. The van der Waals surface area contributed by atoms with Gasteiger partial charge in [-0.25, -0.2) is 4.79 Å². The zero-order valence-electron chi connectivity index (χ0n) is 21.6. The molecule has 0 aromatic carbocycles. The van der Waals surface area contributed by atoms with E-state index < -0.39 is 29.9 Å². The van der Waals surface area contributed by atoms with Crippen molar-refractivity contribution in [3.05, 3.63) is 0 Å². The van der Waals surface area contributed by atoms with Crippen LogP contribution in [0.15, 0.2) is 0 Å². The molecule has 1 saturated heterocycles. The highest BCUT2D eigenvalue weighted by Crippen LogP contribution is 2.18. The Bertz CT molecular complexity index is 804. The lowest BCUT2D eigenvalue weighted by Crippen LogP contribution is -2.55. The molecule has 0 spiro atoms. The van der Waals surface area contributed by atoms with Crippen LogP contribution in [-0.2, 0) is 28.7 Å². The summed E-state index contributed by atoms with van der Waals surface area (Å²) in [6.07, 6.45) is 0.859. The molecule has 0 aromatic heterocycles. The second kappa shape index (κ2) is 15.7. The fourth-order valence-corrected chi connectivity index (χ4v) is 3.63. The Morgan fingerprint density at radius 2 is 1.78 bits per heavy atom. The lowest BCUT2D eigenvalue weighted by atomic mass is 10.0. The molecule has 1 heterocycles. The van der Waals surface area contributed by atoms with E-state index in [0.717, 1.165) is 0 Å². The van der Waals surface area contributed by atoms with Crippen LogP contribution in [0.3, 0.4) is 0 Å². The number of hydrogen-bond acceptors (Lipinski definition) is 7. The fraction of sp³-hybridized carbons (Fsp3) is 0.739. The van der Waals surface area contributed by atoms with Gasteiger partial charge in [-0.15, -0.1) is 0 Å². The molecule has 204 valence electrons. The van der Waals surface area contributed by atoms with Crippen LogP contribution < -0.4 is 27.0 Å². The highest BCUT2D eigenvalue weighted by molar-refractivity contribution is 6.03. The van der Waals surface area contributed by atoms with Crippen molar-refractivity contribution in [2.45, 2.75) is 65.5 Å². The number of primary amides is 1. The topological polar surface area (TPSA) is 189 Å². The molecular weight excluding hydrogens is 472 g/mol. The van der Waals surface area contributed by atoms with Gasteiger partial charge < -0.3 is 31.7 Å². The zero-order chi connectivity index (χ0) is 27.3. The molecule has 3 atom stereocenters. The summed E-state index contributed by atoms with van der Waals surface area (Å²) >= 11 is 0. The molecule has 36 heavy (non-hydrogen) atoms. The van der Waals surface area contributed by atoms with E-state index in [4.69, 9.17) is 10.5 Å². The van der Waals surface area contributed by atoms with Gasteiger partial charge in [-0.3, -0.25) is 28.9 Å². The first kappa shape index (κ1) is 30.8. The van der Waals surface area contributed by atoms with Crippen LogP contribution in [-0.4, -0.2) is 85.4 Å². The van der Waals surface area contributed by atoms with E-state index in [1.54, 1.807) is 27.7 Å². The van der Waals surface area contributed by atoms with Crippen LogP contribution in [0.4, 0.5) is 4.79 Å². The SMILES string of the molecule is CCNC(=O)C(CCCNC(N)=O)NC(=O)C(NC(=O)CCOCCN1C(=O)CC(C)C1=O)C(C)C. The number of hydrogen-bond donors (Lipinski definition) is 5. The van der Waals surface area contributed by atoms with Gasteiger partial charge in [-0.05, 0) is 25.7 Å². The summed E-state index contributed by atoms with van der Waals surface area (Å²) in [7, 11) is 0. The van der Waals surface area contributed by atoms with Gasteiger partial charge in [0.1, 0.15) is 12.1 Å². The second-order valence-corrected chi connectivity index (χ2v) is 9.03. The average Bonchev–Trinajstić information content (AvgIpc) is 3.04. The first-order chi connectivity index (χ1) is 17.0. The summed E-state index contributed by atoms with van der Waals surface area (Å²) in [6.45, 7) is 7.94. The van der Waals surface area contributed by atoms with Crippen LogP contribution in [0.2, 0.25) is 0 Å². The Kier molecular flexibility index (Phi) is 13.4. The Balaban J connectivity index is 2.52. The van der Waals surface area contributed by atoms with Crippen molar-refractivity contribution in [2.24, 2.45) is 17.6 Å². The second-order valence-electron chi connectivity index (χ2n) is 9.03. The number of likely N-dealkylation sites (tertiary alicyclic amines) is 1. The van der Waals surface area contributed by atoms with Gasteiger partial charge in [-0.1, -0.05) is 20.8 Å². The third-order valence-corrected chi connectivity index (χ3v) is 5.62. The third-order valence-electron chi connectivity index (χ3n) is 5.62. The standard InChI is InChI=1S/C23H40N6O7/c1-5-25-20(32)16(7-6-9-26-23(24)35)27-21(33)19(14(2)3)28-17(30)8-11-36-12-10-29-18(31)13-15(4)22(29)34/h14-16,19H,5-13H2,1-4H3,(H,25,32)(H,27,33)(H,28,30)(H3,24,26,35). The first-order valence-electron chi connectivity index (χ1n) is 12.3. The van der Waals surface area contributed by atoms with Crippen LogP contribution in [0.1, 0.15) is 53.4 Å². The van der Waals surface area contributed by atoms with Gasteiger partial charge in [-0.2, -0.15) is 0 Å². The summed E-state index contributed by atoms with van der Waals surface area (Å²) < 4.78 is 5.40. The maximum absolute atomic E-state index is 12.9. The molecule has 1 rings (SSSR count). The minimum absolute atomic E-state index is 0.0205. The van der Waals surface area contributed by atoms with Gasteiger partial charge in [0.05, 0.1) is 19.8 Å². The summed E-state index contributed by atoms with van der Waals surface area (Å²) in [6, 6.07) is -2.39. The van der Waals surface area contributed by atoms with Crippen LogP contribution in [0.5, 0.6) is 0 Å². The molecule has 1 aliphatic heterocycles. The summed E-state index contributed by atoms with van der Waals surface area (Å²) in [5.41, 5.74) is 5.04. The maximum Gasteiger partial charge on any atom is 0.312 e. The smallest absolute Gasteiger partial charge is 0.312 e. The molecule has 6 N–H and O–H groups in total. The van der Waals surface area contributed by atoms with Gasteiger partial charge >= 0.3 is 6.03 Å². The number of rotatable bonds is 16. The van der Waals surface area contributed by atoms with Crippen molar-refractivity contribution in [1.82, 2.24) is 26.2 Å². The number of amides is 7. The van der Waals surface area contributed by atoms with E-state index in [0.29, 0.717) is 13.0 Å². The summed E-state index contributed by atoms with van der Waals surface area (Å²) in [5, 5.41) is 10.5. The number of nitrogens with two attached hydrogens (primary N) is 1. The van der Waals surface area contributed by atoms with Crippen LogP contribution in [0.25, 0.3) is 0 Å². The van der Waals surface area contributed by atoms with Crippen molar-refractivity contribution in [3.63, 3.8) is 0 Å². The van der Waals surface area contributed by atoms with Gasteiger partial charge in [0.2, 0.25) is 29.5 Å². The van der Waals surface area contributed by atoms with Crippen molar-refractivity contribution < 1.29 is 33.5 Å². The molecular formula is C23H40N6O7. The molecule has 3 unspecified atom stereocenters. The molecule has 0 aromatic rings. The molecule has 7 amide bonds. The Hall–Kier alpha value is -3.22. The number of nitrogens with one attached hydrogen (secondary N) is 4. The van der Waals surface area contributed by atoms with Gasteiger partial charge in [0, 0.05) is 31.8 Å². The first-order valence-corrected chi connectivity index (χ1v) is 12.3. The number of urea groups is 1. The number of carbonyl (C=O) groups excluding carboxylic acids is 6. The van der Waals surface area contributed by atoms with Crippen LogP contribution >= 0.6 is 0 Å². The molecule has 13 heteroatoms. The number of likely N-dealkylation sites (N-methyl/N-ethyl adjacent to an activating group) is 1. The number of nitrogens with zero attached hydrogens (tertiary/aromatic N) is 1. The summed E-state index contributed by atoms with van der Waals surface area (Å²) in [4.78, 5) is 73.3. The number of carbonyl (C=O) groups is 6. The van der Waals surface area contributed by atoms with Crippen molar-refractivity contribution in [3.8, 4) is 0 Å². The van der Waals surface area contributed by atoms with E-state index in [1.165, 1.54) is 4.90 Å². The van der Waals surface area contributed by atoms with Crippen molar-refractivity contribution in [1.29, 1.82) is 0 Å². The Morgan fingerprint density at radius 3 is 2.33 bits per heavy atom. The highest BCUT2D eigenvalue weighted by atomic mass is 16.5. The molecule has 1 aliphatic rings. The Morgan fingerprint density at radius 1 is 1.08 bits per heavy atom. The lowest BCUT2D eigenvalue weighted by molar-refractivity contribution is -0.140. The predicted octanol–water partition coefficient (Wildman–Crippen LogP) is -1.00. The molecule has 0 radical (unpaired) electrons. The summed E-state index contributed by atoms with van der Waals surface area (Å²) in [5.74, 6) is -2.30. The molecule has 0 aliphatic carbocycles. The van der Waals surface area contributed by atoms with Gasteiger partial charge in [0.15, 0.2) is 0 Å². The molecule has 1 fully saturated rings. The van der Waals surface area contributed by atoms with E-state index in [2.05, 4.69) is 21.3 Å². The quantitative estimate of drug-likeness (QED) is 0.129. The average molecular weight is 513 g/mol. The Labute approximate surface area is 211 Å². The van der Waals surface area contributed by atoms with E-state index in [1.807, 2.05) is 0 Å². The number of imide groups is 1.